The molecule has 0 heterocycles. The maximum atomic E-state index is 11.7. The molecule has 14 heavy (non-hydrogen) atoms. The third-order valence-electron chi connectivity index (χ3n) is 2.95. The molecule has 0 radical (unpaired) electrons. The van der Waals surface area contributed by atoms with Crippen LogP contribution in [0.5, 0.6) is 0 Å². The van der Waals surface area contributed by atoms with E-state index in [0.717, 1.165) is 12.8 Å². The van der Waals surface area contributed by atoms with Crippen LogP contribution in [0.25, 0.3) is 0 Å². The molecule has 82 valence electrons. The topological polar surface area (TPSA) is 29.5 Å². The molecule has 1 atom stereocenters. The lowest BCUT2D eigenvalue weighted by Crippen LogP contribution is -2.33. The highest BCUT2D eigenvalue weighted by atomic mass is 16.6. The van der Waals surface area contributed by atoms with E-state index >= 15 is 0 Å². The van der Waals surface area contributed by atoms with E-state index in [1.807, 2.05) is 25.9 Å². The monoisotopic (exact) mass is 199 g/mol. The number of carbonyl (C=O) groups excluding carboxylic acids is 1. The summed E-state index contributed by atoms with van der Waals surface area (Å²) in [5.74, 6) is 0.150. The fourth-order valence-electron chi connectivity index (χ4n) is 1.71. The molecule has 0 N–H and O–H groups in total. The van der Waals surface area contributed by atoms with Gasteiger partial charge in [0.1, 0.15) is 0 Å². The Hall–Kier alpha value is -0.570. The largest absolute Gasteiger partial charge is 0.446 e. The van der Waals surface area contributed by atoms with Crippen molar-refractivity contribution in [3.63, 3.8) is 0 Å². The molecule has 0 aliphatic heterocycles. The highest BCUT2D eigenvalue weighted by molar-refractivity contribution is 5.72. The molecule has 0 aromatic carbocycles. The average Bonchev–Trinajstić information content (AvgIpc) is 2.19. The van der Waals surface area contributed by atoms with Crippen LogP contribution in [0.4, 0.5) is 0 Å². The minimum Gasteiger partial charge on any atom is -0.446 e. The molecule has 1 aliphatic rings. The summed E-state index contributed by atoms with van der Waals surface area (Å²) in [6.45, 7) is 1.90. The Morgan fingerprint density at radius 3 is 2.36 bits per heavy atom. The second-order valence-electron chi connectivity index (χ2n) is 4.33. The van der Waals surface area contributed by atoms with Crippen LogP contribution in [0.2, 0.25) is 0 Å². The van der Waals surface area contributed by atoms with Gasteiger partial charge in [0, 0.05) is 0 Å². The Balaban J connectivity index is 2.33. The summed E-state index contributed by atoms with van der Waals surface area (Å²) >= 11 is 0. The Kier molecular flexibility index (Phi) is 4.39. The van der Waals surface area contributed by atoms with E-state index < -0.39 is 0 Å². The number of rotatable bonds is 3. The van der Waals surface area contributed by atoms with Crippen LogP contribution in [0.15, 0.2) is 0 Å². The van der Waals surface area contributed by atoms with E-state index in [0.29, 0.717) is 0 Å². The molecule has 1 fully saturated rings. The van der Waals surface area contributed by atoms with Gasteiger partial charge in [-0.1, -0.05) is 19.3 Å². The van der Waals surface area contributed by atoms with Crippen molar-refractivity contribution in [3.05, 3.63) is 0 Å². The van der Waals surface area contributed by atoms with Crippen LogP contribution in [0.3, 0.4) is 0 Å². The van der Waals surface area contributed by atoms with Gasteiger partial charge in [-0.25, -0.2) is 0 Å². The fraction of sp³-hybridized carbons (Fsp3) is 0.909. The summed E-state index contributed by atoms with van der Waals surface area (Å²) in [7, 11) is 3.83. The third kappa shape index (κ3) is 3.29. The molecule has 0 aromatic heterocycles. The van der Waals surface area contributed by atoms with Gasteiger partial charge >= 0.3 is 5.97 Å². The van der Waals surface area contributed by atoms with Crippen molar-refractivity contribution in [3.8, 4) is 0 Å². The van der Waals surface area contributed by atoms with E-state index in [9.17, 15) is 4.79 Å². The van der Waals surface area contributed by atoms with Crippen molar-refractivity contribution in [1.82, 2.24) is 4.90 Å². The minimum absolute atomic E-state index is 0.00843. The first-order valence-electron chi connectivity index (χ1n) is 5.48. The Labute approximate surface area is 86.4 Å². The summed E-state index contributed by atoms with van der Waals surface area (Å²) in [6.07, 6.45) is 5.54. The molecular formula is C11H21NO2. The predicted octanol–water partition coefficient (Wildman–Crippen LogP) is 2.02. The molecule has 3 nitrogen and oxygen atoms in total. The van der Waals surface area contributed by atoms with Crippen molar-refractivity contribution in [1.29, 1.82) is 0 Å². The number of esters is 1. The third-order valence-corrected chi connectivity index (χ3v) is 2.95. The summed E-state index contributed by atoms with van der Waals surface area (Å²) in [5, 5.41) is 0. The molecule has 1 saturated carbocycles. The van der Waals surface area contributed by atoms with Crippen molar-refractivity contribution >= 4 is 5.97 Å². The lowest BCUT2D eigenvalue weighted by molar-refractivity contribution is -0.161. The maximum Gasteiger partial charge on any atom is 0.310 e. The Morgan fingerprint density at radius 2 is 1.86 bits per heavy atom. The smallest absolute Gasteiger partial charge is 0.310 e. The average molecular weight is 199 g/mol. The maximum absolute atomic E-state index is 11.7. The van der Waals surface area contributed by atoms with Gasteiger partial charge in [0.2, 0.25) is 0 Å². The van der Waals surface area contributed by atoms with Crippen molar-refractivity contribution in [2.24, 2.45) is 5.92 Å². The Bertz CT molecular complexity index is 186. The lowest BCUT2D eigenvalue weighted by atomic mass is 9.89. The highest BCUT2D eigenvalue weighted by Gasteiger charge is 2.24. The Morgan fingerprint density at radius 1 is 1.29 bits per heavy atom. The van der Waals surface area contributed by atoms with Crippen LogP contribution >= 0.6 is 0 Å². The van der Waals surface area contributed by atoms with E-state index in [-0.39, 0.29) is 18.1 Å². The van der Waals surface area contributed by atoms with E-state index in [1.165, 1.54) is 19.3 Å². The highest BCUT2D eigenvalue weighted by Crippen LogP contribution is 2.25. The van der Waals surface area contributed by atoms with Gasteiger partial charge in [0.05, 0.1) is 5.92 Å². The summed E-state index contributed by atoms with van der Waals surface area (Å²) in [4.78, 5) is 13.6. The van der Waals surface area contributed by atoms with E-state index in [4.69, 9.17) is 4.74 Å². The normalized spacial score (nSPS) is 20.9. The predicted molar refractivity (Wildman–Crippen MR) is 55.8 cm³/mol. The van der Waals surface area contributed by atoms with Crippen LogP contribution in [-0.4, -0.2) is 31.2 Å². The zero-order valence-corrected chi connectivity index (χ0v) is 9.45. The first-order valence-corrected chi connectivity index (χ1v) is 5.48. The van der Waals surface area contributed by atoms with Gasteiger partial charge < -0.3 is 4.74 Å². The first kappa shape index (κ1) is 11.5. The first-order chi connectivity index (χ1) is 6.61. The number of ether oxygens (including phenoxy) is 1. The number of hydrogen-bond acceptors (Lipinski definition) is 3. The van der Waals surface area contributed by atoms with Crippen molar-refractivity contribution in [2.75, 3.05) is 14.1 Å². The second-order valence-corrected chi connectivity index (χ2v) is 4.33. The molecule has 0 spiro atoms. The van der Waals surface area contributed by atoms with Gasteiger partial charge in [-0.3, -0.25) is 9.69 Å². The summed E-state index contributed by atoms with van der Waals surface area (Å²) < 4.78 is 5.34. The number of hydrogen-bond donors (Lipinski definition) is 0. The second kappa shape index (κ2) is 5.35. The van der Waals surface area contributed by atoms with E-state index in [2.05, 4.69) is 0 Å². The SMILES string of the molecule is CC(OC(=O)C1CCCCC1)N(C)C. The van der Waals surface area contributed by atoms with Crippen molar-refractivity contribution < 1.29 is 9.53 Å². The molecule has 0 amide bonds. The molecular weight excluding hydrogens is 178 g/mol. The molecule has 1 aliphatic carbocycles. The quantitative estimate of drug-likeness (QED) is 0.514. The lowest BCUT2D eigenvalue weighted by Gasteiger charge is -2.25. The molecule has 0 bridgehead atoms. The van der Waals surface area contributed by atoms with Crippen LogP contribution in [0.1, 0.15) is 39.0 Å². The van der Waals surface area contributed by atoms with Gasteiger partial charge in [0.25, 0.3) is 0 Å². The molecule has 3 heteroatoms. The van der Waals surface area contributed by atoms with Gasteiger partial charge in [-0.15, -0.1) is 0 Å². The molecule has 0 saturated heterocycles. The summed E-state index contributed by atoms with van der Waals surface area (Å²) in [5.41, 5.74) is 0. The van der Waals surface area contributed by atoms with Crippen LogP contribution in [0, 0.1) is 5.92 Å². The molecule has 0 aromatic rings. The van der Waals surface area contributed by atoms with Gasteiger partial charge in [-0.2, -0.15) is 0 Å². The standard InChI is InChI=1S/C11H21NO2/c1-9(12(2)3)14-11(13)10-7-5-4-6-8-10/h9-10H,4-8H2,1-3H3. The number of carbonyl (C=O) groups is 1. The fourth-order valence-corrected chi connectivity index (χ4v) is 1.71. The summed E-state index contributed by atoms with van der Waals surface area (Å²) in [6, 6.07) is 0. The molecule has 1 unspecified atom stereocenters. The zero-order valence-electron chi connectivity index (χ0n) is 9.45. The van der Waals surface area contributed by atoms with E-state index in [1.54, 1.807) is 0 Å². The van der Waals surface area contributed by atoms with Gasteiger partial charge in [-0.05, 0) is 33.9 Å². The number of nitrogens with zero attached hydrogens (tertiary/aromatic N) is 1. The van der Waals surface area contributed by atoms with Crippen LogP contribution in [-0.2, 0) is 9.53 Å². The van der Waals surface area contributed by atoms with Crippen LogP contribution < -0.4 is 0 Å². The zero-order chi connectivity index (χ0) is 10.6. The minimum atomic E-state index is -0.107. The van der Waals surface area contributed by atoms with Gasteiger partial charge in [0.15, 0.2) is 6.23 Å². The molecule has 1 rings (SSSR count). The van der Waals surface area contributed by atoms with Crippen molar-refractivity contribution in [2.45, 2.75) is 45.3 Å².